The molecule has 2 heteroatoms. The molecule has 0 radical (unpaired) electrons. The minimum atomic E-state index is -0.242. The van der Waals surface area contributed by atoms with E-state index >= 15 is 0 Å². The summed E-state index contributed by atoms with van der Waals surface area (Å²) in [4.78, 5) is 4.35. The molecule has 0 saturated heterocycles. The van der Waals surface area contributed by atoms with Crippen LogP contribution >= 0.6 is 0 Å². The predicted octanol–water partition coefficient (Wildman–Crippen LogP) is 2.25. The van der Waals surface area contributed by atoms with E-state index in [0.717, 1.165) is 5.56 Å². The molecule has 0 fully saturated rings. The molecule has 0 bridgehead atoms. The number of allylic oxidation sites excluding steroid dienone is 1. The number of phenols is 1. The summed E-state index contributed by atoms with van der Waals surface area (Å²) in [6.07, 6.45) is 5.78. The van der Waals surface area contributed by atoms with Crippen LogP contribution in [0.3, 0.4) is 0 Å². The van der Waals surface area contributed by atoms with Crippen LogP contribution in [0.15, 0.2) is 41.4 Å². The van der Waals surface area contributed by atoms with Gasteiger partial charge in [0.25, 0.3) is 0 Å². The van der Waals surface area contributed by atoms with Gasteiger partial charge in [-0.2, -0.15) is 0 Å². The van der Waals surface area contributed by atoms with Gasteiger partial charge in [0.05, 0.1) is 0 Å². The van der Waals surface area contributed by atoms with E-state index in [-0.39, 0.29) is 5.54 Å². The lowest BCUT2D eigenvalue weighted by atomic mass is 9.94. The van der Waals surface area contributed by atoms with Crippen LogP contribution in [0.25, 0.3) is 0 Å². The summed E-state index contributed by atoms with van der Waals surface area (Å²) < 4.78 is 0. The van der Waals surface area contributed by atoms with Crippen molar-refractivity contribution >= 4 is 6.21 Å². The largest absolute Gasteiger partial charge is 0.508 e. The van der Waals surface area contributed by atoms with E-state index in [2.05, 4.69) is 4.99 Å². The van der Waals surface area contributed by atoms with Crippen molar-refractivity contribution in [3.63, 3.8) is 0 Å². The third-order valence-electron chi connectivity index (χ3n) is 2.30. The van der Waals surface area contributed by atoms with Gasteiger partial charge in [0, 0.05) is 6.21 Å². The third kappa shape index (κ3) is 1.35. The first kappa shape index (κ1) is 8.05. The minimum Gasteiger partial charge on any atom is -0.508 e. The Balaban J connectivity index is 2.41. The van der Waals surface area contributed by atoms with E-state index in [1.165, 1.54) is 0 Å². The zero-order chi connectivity index (χ0) is 9.31. The van der Waals surface area contributed by atoms with Gasteiger partial charge in [-0.3, -0.25) is 4.99 Å². The molecule has 1 aliphatic rings. The molecule has 2 rings (SSSR count). The Morgan fingerprint density at radius 1 is 1.23 bits per heavy atom. The summed E-state index contributed by atoms with van der Waals surface area (Å²) >= 11 is 0. The zero-order valence-electron chi connectivity index (χ0n) is 7.44. The lowest BCUT2D eigenvalue weighted by molar-refractivity contribution is 0.474. The van der Waals surface area contributed by atoms with Crippen LogP contribution in [0, 0.1) is 0 Å². The standard InChI is InChI=1S/C11H11NO/c1-11(7-2-8-12-11)9-3-5-10(13)6-4-9/h2-8,13H,1H3. The van der Waals surface area contributed by atoms with E-state index in [0.29, 0.717) is 5.75 Å². The summed E-state index contributed by atoms with van der Waals surface area (Å²) in [6.45, 7) is 2.04. The molecule has 1 aliphatic heterocycles. The smallest absolute Gasteiger partial charge is 0.115 e. The first-order chi connectivity index (χ1) is 6.21. The number of rotatable bonds is 1. The number of hydrogen-bond donors (Lipinski definition) is 1. The molecule has 0 spiro atoms. The lowest BCUT2D eigenvalue weighted by Crippen LogP contribution is -2.12. The van der Waals surface area contributed by atoms with Crippen LogP contribution < -0.4 is 0 Å². The molecule has 1 heterocycles. The van der Waals surface area contributed by atoms with Crippen molar-refractivity contribution in [1.29, 1.82) is 0 Å². The number of aromatic hydroxyl groups is 1. The monoisotopic (exact) mass is 173 g/mol. The molecule has 1 unspecified atom stereocenters. The quantitative estimate of drug-likeness (QED) is 0.694. The fraction of sp³-hybridized carbons (Fsp3) is 0.182. The average Bonchev–Trinajstić information content (AvgIpc) is 2.54. The summed E-state index contributed by atoms with van der Waals surface area (Å²) in [6, 6.07) is 7.15. The predicted molar refractivity (Wildman–Crippen MR) is 53.1 cm³/mol. The van der Waals surface area contributed by atoms with Crippen molar-refractivity contribution in [3.05, 3.63) is 42.0 Å². The molecule has 66 valence electrons. The molecule has 1 atom stereocenters. The summed E-state index contributed by atoms with van der Waals surface area (Å²) in [5, 5.41) is 9.13. The fourth-order valence-corrected chi connectivity index (χ4v) is 1.44. The number of nitrogens with zero attached hydrogens (tertiary/aromatic N) is 1. The van der Waals surface area contributed by atoms with Crippen molar-refractivity contribution in [2.75, 3.05) is 0 Å². The Labute approximate surface area is 77.3 Å². The first-order valence-electron chi connectivity index (χ1n) is 4.23. The Bertz CT molecular complexity index is 350. The van der Waals surface area contributed by atoms with Gasteiger partial charge in [0.1, 0.15) is 11.3 Å². The number of benzene rings is 1. The molecule has 1 aromatic carbocycles. The second-order valence-electron chi connectivity index (χ2n) is 3.33. The number of hydrogen-bond acceptors (Lipinski definition) is 2. The Kier molecular flexibility index (Phi) is 1.69. The molecular formula is C11H11NO. The van der Waals surface area contributed by atoms with Crippen molar-refractivity contribution in [2.24, 2.45) is 4.99 Å². The second kappa shape index (κ2) is 2.73. The highest BCUT2D eigenvalue weighted by molar-refractivity contribution is 5.75. The van der Waals surface area contributed by atoms with Gasteiger partial charge in [0.2, 0.25) is 0 Å². The third-order valence-corrected chi connectivity index (χ3v) is 2.30. The summed E-state index contributed by atoms with van der Waals surface area (Å²) in [5.74, 6) is 0.290. The number of aliphatic imine (C=N–C) groups is 1. The topological polar surface area (TPSA) is 32.6 Å². The van der Waals surface area contributed by atoms with E-state index < -0.39 is 0 Å². The van der Waals surface area contributed by atoms with Crippen molar-refractivity contribution < 1.29 is 5.11 Å². The van der Waals surface area contributed by atoms with Gasteiger partial charge < -0.3 is 5.11 Å². The first-order valence-corrected chi connectivity index (χ1v) is 4.23. The average molecular weight is 173 g/mol. The van der Waals surface area contributed by atoms with Gasteiger partial charge in [0.15, 0.2) is 0 Å². The van der Waals surface area contributed by atoms with Crippen LogP contribution in [0.5, 0.6) is 5.75 Å². The van der Waals surface area contributed by atoms with Gasteiger partial charge in [-0.15, -0.1) is 0 Å². The second-order valence-corrected chi connectivity index (χ2v) is 3.33. The van der Waals surface area contributed by atoms with E-state index in [4.69, 9.17) is 5.11 Å². The van der Waals surface area contributed by atoms with Crippen LogP contribution in [0.2, 0.25) is 0 Å². The Morgan fingerprint density at radius 2 is 1.92 bits per heavy atom. The number of phenolic OH excluding ortho intramolecular Hbond substituents is 1. The maximum Gasteiger partial charge on any atom is 0.115 e. The van der Waals surface area contributed by atoms with Gasteiger partial charge in [-0.05, 0) is 30.7 Å². The lowest BCUT2D eigenvalue weighted by Gasteiger charge is -2.18. The van der Waals surface area contributed by atoms with Gasteiger partial charge >= 0.3 is 0 Å². The van der Waals surface area contributed by atoms with Crippen molar-refractivity contribution in [3.8, 4) is 5.75 Å². The molecule has 0 aliphatic carbocycles. The Hall–Kier alpha value is -1.57. The maximum atomic E-state index is 9.13. The van der Waals surface area contributed by atoms with Crippen LogP contribution in [-0.2, 0) is 5.54 Å². The molecule has 2 nitrogen and oxygen atoms in total. The van der Waals surface area contributed by atoms with Crippen LogP contribution in [0.1, 0.15) is 12.5 Å². The highest BCUT2D eigenvalue weighted by Gasteiger charge is 2.23. The maximum absolute atomic E-state index is 9.13. The van der Waals surface area contributed by atoms with Gasteiger partial charge in [-0.25, -0.2) is 0 Å². The SMILES string of the molecule is CC1(c2ccc(O)cc2)C=CC=N1. The molecule has 13 heavy (non-hydrogen) atoms. The van der Waals surface area contributed by atoms with Crippen molar-refractivity contribution in [1.82, 2.24) is 0 Å². The molecule has 1 N–H and O–H groups in total. The van der Waals surface area contributed by atoms with Crippen LogP contribution in [-0.4, -0.2) is 11.3 Å². The van der Waals surface area contributed by atoms with E-state index in [1.807, 2.05) is 31.2 Å². The fourth-order valence-electron chi connectivity index (χ4n) is 1.44. The summed E-state index contributed by atoms with van der Waals surface area (Å²) in [5.41, 5.74) is 0.851. The van der Waals surface area contributed by atoms with E-state index in [1.54, 1.807) is 18.3 Å². The molecule has 0 amide bonds. The van der Waals surface area contributed by atoms with Crippen LogP contribution in [0.4, 0.5) is 0 Å². The minimum absolute atomic E-state index is 0.242. The molecular weight excluding hydrogens is 162 g/mol. The highest BCUT2D eigenvalue weighted by atomic mass is 16.3. The zero-order valence-corrected chi connectivity index (χ0v) is 7.44. The molecule has 0 aromatic heterocycles. The van der Waals surface area contributed by atoms with E-state index in [9.17, 15) is 0 Å². The van der Waals surface area contributed by atoms with Crippen molar-refractivity contribution in [2.45, 2.75) is 12.5 Å². The normalized spacial score (nSPS) is 25.3. The Morgan fingerprint density at radius 3 is 2.46 bits per heavy atom. The molecule has 0 saturated carbocycles. The summed E-state index contributed by atoms with van der Waals surface area (Å²) in [7, 11) is 0. The highest BCUT2D eigenvalue weighted by Crippen LogP contribution is 2.30. The van der Waals surface area contributed by atoms with Gasteiger partial charge in [-0.1, -0.05) is 18.2 Å². The molecule has 1 aromatic rings.